The van der Waals surface area contributed by atoms with Crippen molar-refractivity contribution in [2.45, 2.75) is 31.1 Å². The average molecular weight is 428 g/mol. The molecule has 0 aliphatic carbocycles. The Hall–Kier alpha value is -3.51. The van der Waals surface area contributed by atoms with Gasteiger partial charge in [-0.2, -0.15) is 0 Å². The fourth-order valence-electron chi connectivity index (χ4n) is 4.69. The zero-order chi connectivity index (χ0) is 22.0. The number of pyridine rings is 1. The van der Waals surface area contributed by atoms with Gasteiger partial charge in [0, 0.05) is 37.6 Å². The first-order valence-electron chi connectivity index (χ1n) is 10.9. The minimum absolute atomic E-state index is 0.0393. The average Bonchev–Trinajstić information content (AvgIpc) is 3.18. The molecule has 5 rings (SSSR count). The Morgan fingerprint density at radius 2 is 1.75 bits per heavy atom. The monoisotopic (exact) mass is 427 g/mol. The third kappa shape index (κ3) is 3.78. The molecular weight excluding hydrogens is 402 g/mol. The highest BCUT2D eigenvalue weighted by molar-refractivity contribution is 5.94. The summed E-state index contributed by atoms with van der Waals surface area (Å²) < 4.78 is 6.48. The lowest BCUT2D eigenvalue weighted by Crippen LogP contribution is -2.45. The fourth-order valence-corrected chi connectivity index (χ4v) is 4.69. The minimum Gasteiger partial charge on any atom is -0.352 e. The molecule has 1 fully saturated rings. The van der Waals surface area contributed by atoms with Crippen LogP contribution < -0.4 is 5.32 Å². The summed E-state index contributed by atoms with van der Waals surface area (Å²) in [7, 11) is 0. The number of likely N-dealkylation sites (tertiary alicyclic amines) is 1. The molecule has 6 heteroatoms. The summed E-state index contributed by atoms with van der Waals surface area (Å²) >= 11 is 0. The summed E-state index contributed by atoms with van der Waals surface area (Å²) in [4.78, 5) is 31.9. The second-order valence-corrected chi connectivity index (χ2v) is 8.32. The maximum absolute atomic E-state index is 13.0. The highest BCUT2D eigenvalue weighted by Gasteiger charge is 2.49. The van der Waals surface area contributed by atoms with Crippen LogP contribution in [-0.4, -0.2) is 34.8 Å². The summed E-state index contributed by atoms with van der Waals surface area (Å²) in [6, 6.07) is 21.1. The van der Waals surface area contributed by atoms with Gasteiger partial charge in [0.15, 0.2) is 6.10 Å². The SMILES string of the molecule is O=C(NCc1cccnc1)[C@H]1OC2(CCN(C(=O)c3ccccc3)CC2)c2ccccc21. The van der Waals surface area contributed by atoms with Crippen LogP contribution in [0.4, 0.5) is 0 Å². The first-order valence-corrected chi connectivity index (χ1v) is 10.9. The van der Waals surface area contributed by atoms with Gasteiger partial charge in [0.1, 0.15) is 0 Å². The van der Waals surface area contributed by atoms with Crippen molar-refractivity contribution in [3.63, 3.8) is 0 Å². The number of nitrogens with one attached hydrogen (secondary N) is 1. The summed E-state index contributed by atoms with van der Waals surface area (Å²) in [6.07, 6.45) is 4.12. The molecule has 0 bridgehead atoms. The molecule has 0 unspecified atom stereocenters. The Labute approximate surface area is 187 Å². The smallest absolute Gasteiger partial charge is 0.254 e. The Balaban J connectivity index is 1.30. The van der Waals surface area contributed by atoms with Gasteiger partial charge in [0.2, 0.25) is 0 Å². The zero-order valence-electron chi connectivity index (χ0n) is 17.7. The quantitative estimate of drug-likeness (QED) is 0.691. The Kier molecular flexibility index (Phi) is 5.45. The van der Waals surface area contributed by atoms with Crippen molar-refractivity contribution in [1.82, 2.24) is 15.2 Å². The lowest BCUT2D eigenvalue weighted by molar-refractivity contribution is -0.150. The van der Waals surface area contributed by atoms with E-state index in [-0.39, 0.29) is 11.8 Å². The summed E-state index contributed by atoms with van der Waals surface area (Å²) in [6.45, 7) is 1.58. The molecular formula is C26H25N3O3. The van der Waals surface area contributed by atoms with Crippen molar-refractivity contribution in [1.29, 1.82) is 0 Å². The summed E-state index contributed by atoms with van der Waals surface area (Å²) in [5.74, 6) is -0.113. The van der Waals surface area contributed by atoms with Crippen LogP contribution >= 0.6 is 0 Å². The number of hydrogen-bond acceptors (Lipinski definition) is 4. The molecule has 1 spiro atoms. The van der Waals surface area contributed by atoms with Crippen molar-refractivity contribution in [3.05, 3.63) is 101 Å². The van der Waals surface area contributed by atoms with Crippen LogP contribution in [0.25, 0.3) is 0 Å². The van der Waals surface area contributed by atoms with Crippen LogP contribution in [0.3, 0.4) is 0 Å². The first-order chi connectivity index (χ1) is 15.7. The van der Waals surface area contributed by atoms with Crippen molar-refractivity contribution in [3.8, 4) is 0 Å². The molecule has 1 N–H and O–H groups in total. The number of benzene rings is 2. The van der Waals surface area contributed by atoms with E-state index in [4.69, 9.17) is 4.74 Å². The van der Waals surface area contributed by atoms with E-state index >= 15 is 0 Å². The van der Waals surface area contributed by atoms with Crippen LogP contribution in [0.1, 0.15) is 46.0 Å². The Morgan fingerprint density at radius 3 is 2.50 bits per heavy atom. The predicted octanol–water partition coefficient (Wildman–Crippen LogP) is 3.60. The van der Waals surface area contributed by atoms with Crippen LogP contribution in [0.5, 0.6) is 0 Å². The maximum Gasteiger partial charge on any atom is 0.254 e. The van der Waals surface area contributed by atoms with E-state index in [1.165, 1.54) is 0 Å². The number of ether oxygens (including phenoxy) is 1. The molecule has 2 aliphatic rings. The van der Waals surface area contributed by atoms with Crippen molar-refractivity contribution in [2.24, 2.45) is 0 Å². The number of amides is 2. The lowest BCUT2D eigenvalue weighted by Gasteiger charge is -2.39. The molecule has 3 aromatic rings. The van der Waals surface area contributed by atoms with E-state index in [9.17, 15) is 9.59 Å². The number of piperidine rings is 1. The molecule has 1 aromatic heterocycles. The van der Waals surface area contributed by atoms with E-state index in [1.54, 1.807) is 12.4 Å². The molecule has 32 heavy (non-hydrogen) atoms. The normalized spacial score (nSPS) is 18.9. The number of aromatic nitrogens is 1. The molecule has 162 valence electrons. The van der Waals surface area contributed by atoms with Crippen LogP contribution in [0, 0.1) is 0 Å². The number of fused-ring (bicyclic) bond motifs is 2. The van der Waals surface area contributed by atoms with E-state index in [2.05, 4.69) is 16.4 Å². The number of nitrogens with zero attached hydrogens (tertiary/aromatic N) is 2. The molecule has 1 atom stereocenters. The van der Waals surface area contributed by atoms with E-state index in [1.807, 2.05) is 65.6 Å². The van der Waals surface area contributed by atoms with Crippen LogP contribution in [0.2, 0.25) is 0 Å². The second-order valence-electron chi connectivity index (χ2n) is 8.32. The van der Waals surface area contributed by atoms with Crippen molar-refractivity contribution in [2.75, 3.05) is 13.1 Å². The fraction of sp³-hybridized carbons (Fsp3) is 0.269. The molecule has 2 aliphatic heterocycles. The predicted molar refractivity (Wildman–Crippen MR) is 120 cm³/mol. The van der Waals surface area contributed by atoms with E-state index in [0.717, 1.165) is 16.7 Å². The lowest BCUT2D eigenvalue weighted by atomic mass is 9.83. The second kappa shape index (κ2) is 8.55. The maximum atomic E-state index is 13.0. The Morgan fingerprint density at radius 1 is 1.00 bits per heavy atom. The van der Waals surface area contributed by atoms with Gasteiger partial charge in [0.25, 0.3) is 11.8 Å². The molecule has 0 radical (unpaired) electrons. The third-order valence-corrected chi connectivity index (χ3v) is 6.38. The minimum atomic E-state index is -0.653. The molecule has 1 saturated heterocycles. The van der Waals surface area contributed by atoms with Crippen LogP contribution in [-0.2, 0) is 21.7 Å². The highest BCUT2D eigenvalue weighted by atomic mass is 16.5. The number of carbonyl (C=O) groups excluding carboxylic acids is 2. The molecule has 3 heterocycles. The van der Waals surface area contributed by atoms with Crippen LogP contribution in [0.15, 0.2) is 79.1 Å². The van der Waals surface area contributed by atoms with Gasteiger partial charge in [0.05, 0.1) is 5.60 Å². The van der Waals surface area contributed by atoms with Gasteiger partial charge in [-0.05, 0) is 47.7 Å². The molecule has 0 saturated carbocycles. The Bertz CT molecular complexity index is 1110. The van der Waals surface area contributed by atoms with Gasteiger partial charge in [-0.1, -0.05) is 48.5 Å². The number of rotatable bonds is 4. The van der Waals surface area contributed by atoms with Gasteiger partial charge >= 0.3 is 0 Å². The standard InChI is InChI=1S/C26H25N3O3/c30-24(28-18-19-7-6-14-27-17-19)23-21-10-4-5-11-22(21)26(32-23)12-15-29(16-13-26)25(31)20-8-2-1-3-9-20/h1-11,14,17,23H,12-13,15-16,18H2,(H,28,30)/t23-/m0/s1. The largest absolute Gasteiger partial charge is 0.352 e. The van der Waals surface area contributed by atoms with E-state index in [0.29, 0.717) is 38.0 Å². The number of carbonyl (C=O) groups is 2. The molecule has 6 nitrogen and oxygen atoms in total. The van der Waals surface area contributed by atoms with Crippen molar-refractivity contribution >= 4 is 11.8 Å². The van der Waals surface area contributed by atoms with Gasteiger partial charge in [-0.15, -0.1) is 0 Å². The zero-order valence-corrected chi connectivity index (χ0v) is 17.7. The first kappa shape index (κ1) is 20.4. The molecule has 2 aromatic carbocycles. The van der Waals surface area contributed by atoms with Gasteiger partial charge in [-0.3, -0.25) is 14.6 Å². The van der Waals surface area contributed by atoms with Gasteiger partial charge < -0.3 is 15.0 Å². The molecule has 2 amide bonds. The summed E-state index contributed by atoms with van der Waals surface area (Å²) in [5, 5.41) is 2.98. The van der Waals surface area contributed by atoms with E-state index < -0.39 is 11.7 Å². The summed E-state index contributed by atoms with van der Waals surface area (Å²) in [5.41, 5.74) is 3.08. The van der Waals surface area contributed by atoms with Crippen molar-refractivity contribution < 1.29 is 14.3 Å². The topological polar surface area (TPSA) is 71.5 Å². The number of hydrogen-bond donors (Lipinski definition) is 1. The third-order valence-electron chi connectivity index (χ3n) is 6.38. The van der Waals surface area contributed by atoms with Gasteiger partial charge in [-0.25, -0.2) is 0 Å². The highest BCUT2D eigenvalue weighted by Crippen LogP contribution is 2.49.